The van der Waals surface area contributed by atoms with Crippen LogP contribution in [0.25, 0.3) is 10.9 Å². The van der Waals surface area contributed by atoms with Crippen molar-refractivity contribution in [3.8, 4) is 0 Å². The zero-order valence-corrected chi connectivity index (χ0v) is 14.3. The fourth-order valence-corrected chi connectivity index (χ4v) is 3.07. The van der Waals surface area contributed by atoms with Gasteiger partial charge in [-0.25, -0.2) is 0 Å². The maximum absolute atomic E-state index is 12.2. The van der Waals surface area contributed by atoms with Crippen LogP contribution in [-0.2, 0) is 16.3 Å². The number of hydrogen-bond donors (Lipinski definition) is 0. The number of carbonyl (C=O) groups excluding carboxylic acids is 2. The molecule has 0 aliphatic heterocycles. The summed E-state index contributed by atoms with van der Waals surface area (Å²) >= 11 is 1.40. The van der Waals surface area contributed by atoms with Gasteiger partial charge in [-0.1, -0.05) is 17.3 Å². The minimum atomic E-state index is -0.566. The first-order valence-electron chi connectivity index (χ1n) is 7.62. The highest BCUT2D eigenvalue weighted by Gasteiger charge is 2.13. The van der Waals surface area contributed by atoms with Crippen molar-refractivity contribution in [1.82, 2.24) is 15.0 Å². The van der Waals surface area contributed by atoms with Gasteiger partial charge in [0.25, 0.3) is 5.56 Å². The summed E-state index contributed by atoms with van der Waals surface area (Å²) in [7, 11) is 0. The molecule has 3 aromatic rings. The number of nitrogens with zero attached hydrogens (tertiary/aromatic N) is 3. The van der Waals surface area contributed by atoms with E-state index in [0.29, 0.717) is 15.8 Å². The quantitative estimate of drug-likeness (QED) is 0.497. The highest BCUT2D eigenvalue weighted by Crippen LogP contribution is 2.17. The normalized spacial score (nSPS) is 10.8. The minimum Gasteiger partial charge on any atom is -0.442 e. The maximum Gasteiger partial charge on any atom is 0.308 e. The molecule has 0 radical (unpaired) electrons. The molecule has 8 heteroatoms. The Bertz CT molecular complexity index is 993. The van der Waals surface area contributed by atoms with Gasteiger partial charge in [0.2, 0.25) is 0 Å². The third-order valence-corrected chi connectivity index (χ3v) is 4.59. The SMILES string of the molecule is Cc1ccc(C(=O)CCC(=O)OCn2nnc3ccccc3c2=O)s1. The van der Waals surface area contributed by atoms with E-state index in [-0.39, 0.29) is 30.9 Å². The summed E-state index contributed by atoms with van der Waals surface area (Å²) in [6, 6.07) is 10.4. The Morgan fingerprint density at radius 3 is 2.72 bits per heavy atom. The molecular weight excluding hydrogens is 342 g/mol. The zero-order valence-electron chi connectivity index (χ0n) is 13.5. The van der Waals surface area contributed by atoms with E-state index in [1.165, 1.54) is 11.3 Å². The summed E-state index contributed by atoms with van der Waals surface area (Å²) in [6.07, 6.45) is 0.0165. The third kappa shape index (κ3) is 3.97. The van der Waals surface area contributed by atoms with Crippen molar-refractivity contribution >= 4 is 34.0 Å². The predicted molar refractivity (Wildman–Crippen MR) is 92.5 cm³/mol. The molecule has 2 aromatic heterocycles. The van der Waals surface area contributed by atoms with E-state index >= 15 is 0 Å². The fraction of sp³-hybridized carbons (Fsp3) is 0.235. The molecule has 0 amide bonds. The number of thiophene rings is 1. The molecule has 0 fully saturated rings. The maximum atomic E-state index is 12.2. The highest BCUT2D eigenvalue weighted by molar-refractivity contribution is 7.14. The smallest absolute Gasteiger partial charge is 0.308 e. The number of carbonyl (C=O) groups is 2. The molecule has 3 rings (SSSR count). The summed E-state index contributed by atoms with van der Waals surface area (Å²) in [5, 5.41) is 8.04. The Balaban J connectivity index is 1.56. The van der Waals surface area contributed by atoms with Crippen LogP contribution in [0.3, 0.4) is 0 Å². The van der Waals surface area contributed by atoms with Gasteiger partial charge in [-0.2, -0.15) is 4.68 Å². The summed E-state index contributed by atoms with van der Waals surface area (Å²) in [4.78, 5) is 37.6. The topological polar surface area (TPSA) is 91.2 Å². The zero-order chi connectivity index (χ0) is 17.8. The van der Waals surface area contributed by atoms with E-state index in [1.54, 1.807) is 30.3 Å². The average molecular weight is 357 g/mol. The Morgan fingerprint density at radius 2 is 1.96 bits per heavy atom. The predicted octanol–water partition coefficient (Wildman–Crippen LogP) is 2.33. The third-order valence-electron chi connectivity index (χ3n) is 3.55. The van der Waals surface area contributed by atoms with Crippen LogP contribution in [-0.4, -0.2) is 26.7 Å². The number of ether oxygens (including phenoxy) is 1. The summed E-state index contributed by atoms with van der Waals surface area (Å²) in [5.41, 5.74) is 0.0930. The lowest BCUT2D eigenvalue weighted by Crippen LogP contribution is -2.26. The van der Waals surface area contributed by atoms with Crippen molar-refractivity contribution in [2.75, 3.05) is 0 Å². The number of esters is 1. The van der Waals surface area contributed by atoms with Gasteiger partial charge in [-0.3, -0.25) is 14.4 Å². The molecule has 0 bridgehead atoms. The van der Waals surface area contributed by atoms with E-state index in [4.69, 9.17) is 4.74 Å². The van der Waals surface area contributed by atoms with E-state index < -0.39 is 5.97 Å². The molecule has 1 aromatic carbocycles. The molecule has 0 aliphatic carbocycles. The molecule has 2 heterocycles. The van der Waals surface area contributed by atoms with E-state index in [1.807, 2.05) is 13.0 Å². The highest BCUT2D eigenvalue weighted by atomic mass is 32.1. The summed E-state index contributed by atoms with van der Waals surface area (Å²) < 4.78 is 6.00. The van der Waals surface area contributed by atoms with Gasteiger partial charge in [-0.15, -0.1) is 16.4 Å². The molecule has 0 spiro atoms. The number of fused-ring (bicyclic) bond motifs is 1. The lowest BCUT2D eigenvalue weighted by atomic mass is 10.2. The van der Waals surface area contributed by atoms with E-state index in [2.05, 4.69) is 10.3 Å². The molecule has 0 aliphatic rings. The van der Waals surface area contributed by atoms with Crippen molar-refractivity contribution in [1.29, 1.82) is 0 Å². The molecular formula is C17H15N3O4S. The number of aromatic nitrogens is 3. The van der Waals surface area contributed by atoms with E-state index in [0.717, 1.165) is 9.56 Å². The number of ketones is 1. The lowest BCUT2D eigenvalue weighted by molar-refractivity contribution is -0.148. The van der Waals surface area contributed by atoms with Gasteiger partial charge in [-0.05, 0) is 31.2 Å². The van der Waals surface area contributed by atoms with Crippen LogP contribution in [0.4, 0.5) is 0 Å². The van der Waals surface area contributed by atoms with Crippen molar-refractivity contribution in [3.63, 3.8) is 0 Å². The number of rotatable bonds is 6. The molecule has 0 atom stereocenters. The molecule has 0 saturated heterocycles. The van der Waals surface area contributed by atoms with E-state index in [9.17, 15) is 14.4 Å². The second kappa shape index (κ2) is 7.35. The van der Waals surface area contributed by atoms with Crippen LogP contribution in [0, 0.1) is 6.92 Å². The largest absolute Gasteiger partial charge is 0.442 e. The first-order chi connectivity index (χ1) is 12.0. The van der Waals surface area contributed by atoms with Crippen molar-refractivity contribution in [2.24, 2.45) is 0 Å². The van der Waals surface area contributed by atoms with Crippen LogP contribution in [0.15, 0.2) is 41.2 Å². The van der Waals surface area contributed by atoms with Crippen LogP contribution in [0.1, 0.15) is 27.4 Å². The minimum absolute atomic E-state index is 0.0501. The van der Waals surface area contributed by atoms with Gasteiger partial charge in [0.15, 0.2) is 12.5 Å². The van der Waals surface area contributed by atoms with Gasteiger partial charge in [0, 0.05) is 11.3 Å². The molecule has 0 N–H and O–H groups in total. The summed E-state index contributed by atoms with van der Waals surface area (Å²) in [5.74, 6) is -0.666. The fourth-order valence-electron chi connectivity index (χ4n) is 2.24. The first-order valence-corrected chi connectivity index (χ1v) is 8.44. The lowest BCUT2D eigenvalue weighted by Gasteiger charge is -2.06. The number of aryl methyl sites for hydroxylation is 1. The number of benzene rings is 1. The number of Topliss-reactive ketones (excluding diaryl/α,β-unsaturated/α-hetero) is 1. The van der Waals surface area contributed by atoms with Crippen LogP contribution >= 0.6 is 11.3 Å². The second-order valence-corrected chi connectivity index (χ2v) is 6.68. The Morgan fingerprint density at radius 1 is 1.16 bits per heavy atom. The van der Waals surface area contributed by atoms with Gasteiger partial charge < -0.3 is 4.74 Å². The molecule has 0 saturated carbocycles. The van der Waals surface area contributed by atoms with Gasteiger partial charge in [0.05, 0.1) is 16.7 Å². The second-order valence-electron chi connectivity index (χ2n) is 5.39. The molecule has 25 heavy (non-hydrogen) atoms. The van der Waals surface area contributed by atoms with Crippen LogP contribution in [0.5, 0.6) is 0 Å². The Hall–Kier alpha value is -2.87. The molecule has 0 unspecified atom stereocenters. The average Bonchev–Trinajstić information content (AvgIpc) is 3.06. The standard InChI is InChI=1S/C17H15N3O4S/c1-11-6-8-15(25-11)14(21)7-9-16(22)24-10-20-17(23)12-4-2-3-5-13(12)18-19-20/h2-6,8H,7,9-10H2,1H3. The first kappa shape index (κ1) is 17.0. The molecule has 128 valence electrons. The Kier molecular flexibility index (Phi) is 4.99. The number of hydrogen-bond acceptors (Lipinski definition) is 7. The van der Waals surface area contributed by atoms with Crippen LogP contribution < -0.4 is 5.56 Å². The van der Waals surface area contributed by atoms with Gasteiger partial charge in [0.1, 0.15) is 5.52 Å². The van der Waals surface area contributed by atoms with Crippen molar-refractivity contribution < 1.29 is 14.3 Å². The van der Waals surface area contributed by atoms with Crippen molar-refractivity contribution in [2.45, 2.75) is 26.5 Å². The molecule has 7 nitrogen and oxygen atoms in total. The van der Waals surface area contributed by atoms with Crippen LogP contribution in [0.2, 0.25) is 0 Å². The van der Waals surface area contributed by atoms with Crippen molar-refractivity contribution in [3.05, 3.63) is 56.5 Å². The Labute approximate surface area is 146 Å². The monoisotopic (exact) mass is 357 g/mol. The van der Waals surface area contributed by atoms with Gasteiger partial charge >= 0.3 is 5.97 Å². The summed E-state index contributed by atoms with van der Waals surface area (Å²) in [6.45, 7) is 1.58.